The van der Waals surface area contributed by atoms with Crippen LogP contribution in [0.3, 0.4) is 0 Å². The molecule has 2 aromatic heterocycles. The minimum absolute atomic E-state index is 0.296. The third-order valence-electron chi connectivity index (χ3n) is 3.52. The lowest BCUT2D eigenvalue weighted by atomic mass is 10.1. The van der Waals surface area contributed by atoms with Crippen molar-refractivity contribution in [3.05, 3.63) is 31.9 Å². The number of hydrogen-bond donors (Lipinski definition) is 1. The molecule has 0 fully saturated rings. The fourth-order valence-corrected chi connectivity index (χ4v) is 4.05. The fraction of sp³-hybridized carbons (Fsp3) is 0.600. The number of thiazole rings is 1. The summed E-state index contributed by atoms with van der Waals surface area (Å²) in [4.78, 5) is 5.69. The lowest BCUT2D eigenvalue weighted by molar-refractivity contribution is 0.520. The Hall–Kier alpha value is -0.720. The van der Waals surface area contributed by atoms with Gasteiger partial charge < -0.3 is 5.32 Å². The number of rotatable bonds is 7. The predicted molar refractivity (Wildman–Crippen MR) is 92.0 cm³/mol. The molecule has 0 saturated carbocycles. The van der Waals surface area contributed by atoms with Crippen LogP contribution < -0.4 is 5.32 Å². The van der Waals surface area contributed by atoms with E-state index in [1.54, 1.807) is 11.3 Å². The summed E-state index contributed by atoms with van der Waals surface area (Å²) in [7, 11) is 0. The van der Waals surface area contributed by atoms with Crippen LogP contribution >= 0.6 is 27.3 Å². The summed E-state index contributed by atoms with van der Waals surface area (Å²) < 4.78 is 3.28. The molecule has 0 aliphatic heterocycles. The first-order valence-electron chi connectivity index (χ1n) is 7.50. The van der Waals surface area contributed by atoms with Gasteiger partial charge in [-0.15, -0.1) is 11.3 Å². The van der Waals surface area contributed by atoms with Gasteiger partial charge in [-0.05, 0) is 42.7 Å². The molecule has 0 aliphatic carbocycles. The van der Waals surface area contributed by atoms with E-state index in [1.165, 1.54) is 10.6 Å². The van der Waals surface area contributed by atoms with E-state index < -0.39 is 0 Å². The molecule has 2 aromatic rings. The molecular weight excluding hydrogens is 348 g/mol. The van der Waals surface area contributed by atoms with Gasteiger partial charge in [0.15, 0.2) is 0 Å². The van der Waals surface area contributed by atoms with Crippen molar-refractivity contribution in [2.45, 2.75) is 53.1 Å². The highest BCUT2D eigenvalue weighted by molar-refractivity contribution is 9.10. The van der Waals surface area contributed by atoms with E-state index in [0.29, 0.717) is 6.04 Å². The van der Waals surface area contributed by atoms with Crippen molar-refractivity contribution >= 4 is 27.3 Å². The number of hydrogen-bond acceptors (Lipinski definition) is 4. The Morgan fingerprint density at radius 3 is 2.67 bits per heavy atom. The van der Waals surface area contributed by atoms with Gasteiger partial charge in [0, 0.05) is 30.1 Å². The maximum Gasteiger partial charge on any atom is 0.0897 e. The largest absolute Gasteiger partial charge is 0.309 e. The highest BCUT2D eigenvalue weighted by Gasteiger charge is 2.20. The molecule has 0 bridgehead atoms. The second-order valence-electron chi connectivity index (χ2n) is 4.97. The summed E-state index contributed by atoms with van der Waals surface area (Å²) >= 11 is 5.51. The lowest BCUT2D eigenvalue weighted by Crippen LogP contribution is -2.23. The molecule has 0 radical (unpaired) electrons. The molecule has 6 heteroatoms. The van der Waals surface area contributed by atoms with Crippen molar-refractivity contribution < 1.29 is 0 Å². The van der Waals surface area contributed by atoms with Gasteiger partial charge >= 0.3 is 0 Å². The minimum Gasteiger partial charge on any atom is -0.309 e. The van der Waals surface area contributed by atoms with Crippen LogP contribution in [0, 0.1) is 6.92 Å². The molecular formula is C15H23BrN4S. The fourth-order valence-electron chi connectivity index (χ4n) is 2.46. The Balaban J connectivity index is 2.30. The number of likely N-dealkylation sites (N-methyl/N-ethyl adjacent to an activating group) is 1. The van der Waals surface area contributed by atoms with Crippen molar-refractivity contribution in [1.29, 1.82) is 0 Å². The van der Waals surface area contributed by atoms with E-state index in [0.717, 1.165) is 41.1 Å². The Labute approximate surface area is 139 Å². The van der Waals surface area contributed by atoms with E-state index >= 15 is 0 Å². The SMILES string of the molecule is CCNC(Cc1c(Br)c(CC)nn1CC)c1cnc(C)s1. The molecule has 2 heterocycles. The second-order valence-corrected chi connectivity index (χ2v) is 7.03. The van der Waals surface area contributed by atoms with E-state index in [9.17, 15) is 0 Å². The Morgan fingerprint density at radius 2 is 2.14 bits per heavy atom. The first-order valence-corrected chi connectivity index (χ1v) is 9.11. The van der Waals surface area contributed by atoms with Crippen molar-refractivity contribution in [3.63, 3.8) is 0 Å². The molecule has 116 valence electrons. The summed E-state index contributed by atoms with van der Waals surface area (Å²) in [6.45, 7) is 10.3. The first kappa shape index (κ1) is 16.6. The van der Waals surface area contributed by atoms with Crippen LogP contribution in [-0.4, -0.2) is 21.3 Å². The molecule has 21 heavy (non-hydrogen) atoms. The molecule has 1 atom stereocenters. The maximum absolute atomic E-state index is 4.69. The van der Waals surface area contributed by atoms with Crippen LogP contribution in [0.25, 0.3) is 0 Å². The van der Waals surface area contributed by atoms with Crippen LogP contribution in [0.2, 0.25) is 0 Å². The summed E-state index contributed by atoms with van der Waals surface area (Å²) in [6, 6.07) is 0.296. The Kier molecular flexibility index (Phi) is 5.96. The van der Waals surface area contributed by atoms with Crippen LogP contribution in [0.5, 0.6) is 0 Å². The minimum atomic E-state index is 0.296. The molecule has 0 aliphatic rings. The van der Waals surface area contributed by atoms with E-state index in [4.69, 9.17) is 0 Å². The van der Waals surface area contributed by atoms with Crippen LogP contribution in [0.1, 0.15) is 48.1 Å². The highest BCUT2D eigenvalue weighted by Crippen LogP contribution is 2.29. The van der Waals surface area contributed by atoms with E-state index in [-0.39, 0.29) is 0 Å². The highest BCUT2D eigenvalue weighted by atomic mass is 79.9. The first-order chi connectivity index (χ1) is 10.1. The summed E-state index contributed by atoms with van der Waals surface area (Å²) in [5.41, 5.74) is 2.41. The average Bonchev–Trinajstić information content (AvgIpc) is 3.03. The number of aromatic nitrogens is 3. The zero-order valence-electron chi connectivity index (χ0n) is 13.1. The monoisotopic (exact) mass is 370 g/mol. The van der Waals surface area contributed by atoms with Gasteiger partial charge in [0.05, 0.1) is 20.9 Å². The van der Waals surface area contributed by atoms with Crippen LogP contribution in [0.15, 0.2) is 10.7 Å². The topological polar surface area (TPSA) is 42.7 Å². The van der Waals surface area contributed by atoms with Gasteiger partial charge in [0.2, 0.25) is 0 Å². The second kappa shape index (κ2) is 7.51. The average molecular weight is 371 g/mol. The molecule has 2 rings (SSSR count). The lowest BCUT2D eigenvalue weighted by Gasteiger charge is -2.17. The number of nitrogens with one attached hydrogen (secondary N) is 1. The molecule has 0 amide bonds. The molecule has 0 aromatic carbocycles. The Bertz CT molecular complexity index is 591. The van der Waals surface area contributed by atoms with E-state index in [1.807, 2.05) is 6.20 Å². The normalized spacial score (nSPS) is 12.8. The number of aryl methyl sites for hydroxylation is 3. The third kappa shape index (κ3) is 3.73. The number of nitrogens with zero attached hydrogens (tertiary/aromatic N) is 3. The zero-order chi connectivity index (χ0) is 15.4. The van der Waals surface area contributed by atoms with Gasteiger partial charge in [-0.3, -0.25) is 4.68 Å². The van der Waals surface area contributed by atoms with Gasteiger partial charge in [-0.1, -0.05) is 13.8 Å². The Morgan fingerprint density at radius 1 is 1.38 bits per heavy atom. The summed E-state index contributed by atoms with van der Waals surface area (Å²) in [5, 5.41) is 9.38. The van der Waals surface area contributed by atoms with E-state index in [2.05, 4.69) is 63.7 Å². The van der Waals surface area contributed by atoms with Gasteiger partial charge in [0.1, 0.15) is 0 Å². The standard InChI is InChI=1S/C15H23BrN4S/c1-5-11-15(16)13(20(7-3)19-11)8-12(17-6-2)14-9-18-10(4)21-14/h9,12,17H,5-8H2,1-4H3. The van der Waals surface area contributed by atoms with Gasteiger partial charge in [-0.2, -0.15) is 5.10 Å². The van der Waals surface area contributed by atoms with Crippen molar-refractivity contribution in [3.8, 4) is 0 Å². The van der Waals surface area contributed by atoms with Crippen molar-refractivity contribution in [1.82, 2.24) is 20.1 Å². The molecule has 4 nitrogen and oxygen atoms in total. The smallest absolute Gasteiger partial charge is 0.0897 e. The number of halogens is 1. The van der Waals surface area contributed by atoms with Gasteiger partial charge in [-0.25, -0.2) is 4.98 Å². The molecule has 0 spiro atoms. The maximum atomic E-state index is 4.69. The molecule has 1 N–H and O–H groups in total. The molecule has 1 unspecified atom stereocenters. The van der Waals surface area contributed by atoms with Crippen molar-refractivity contribution in [2.24, 2.45) is 0 Å². The summed E-state index contributed by atoms with van der Waals surface area (Å²) in [5.74, 6) is 0. The van der Waals surface area contributed by atoms with Crippen LogP contribution in [-0.2, 0) is 19.4 Å². The molecule has 0 saturated heterocycles. The van der Waals surface area contributed by atoms with Crippen LogP contribution in [0.4, 0.5) is 0 Å². The predicted octanol–water partition coefficient (Wildman–Crippen LogP) is 3.89. The quantitative estimate of drug-likeness (QED) is 0.803. The third-order valence-corrected chi connectivity index (χ3v) is 5.47. The van der Waals surface area contributed by atoms with Crippen molar-refractivity contribution in [2.75, 3.05) is 6.54 Å². The van der Waals surface area contributed by atoms with Gasteiger partial charge in [0.25, 0.3) is 0 Å². The summed E-state index contributed by atoms with van der Waals surface area (Å²) in [6.07, 6.45) is 3.87. The zero-order valence-corrected chi connectivity index (χ0v) is 15.5.